The van der Waals surface area contributed by atoms with Crippen LogP contribution in [0.25, 0.3) is 0 Å². The summed E-state index contributed by atoms with van der Waals surface area (Å²) in [5.74, 6) is -4.60. The fourth-order valence-electron chi connectivity index (χ4n) is 8.19. The molecule has 3 fully saturated rings. The van der Waals surface area contributed by atoms with E-state index in [9.17, 15) is 29.1 Å². The van der Waals surface area contributed by atoms with Crippen molar-refractivity contribution in [2.45, 2.75) is 117 Å². The molecule has 12 nitrogen and oxygen atoms in total. The van der Waals surface area contributed by atoms with E-state index < -0.39 is 94.7 Å². The molecule has 0 aromatic rings. The number of carbonyl (C=O) groups excluding carboxylic acids is 5. The summed E-state index contributed by atoms with van der Waals surface area (Å²) in [5, 5.41) is 11.5. The maximum atomic E-state index is 12.8. The molecule has 2 bridgehead atoms. The number of hydrogen-bond acceptors (Lipinski definition) is 12. The highest BCUT2D eigenvalue weighted by Gasteiger charge is 2.76. The van der Waals surface area contributed by atoms with E-state index in [1.807, 2.05) is 13.8 Å². The first-order chi connectivity index (χ1) is 19.4. The molecule has 1 N–H and O–H groups in total. The largest absolute Gasteiger partial charge is 0.462 e. The maximum Gasteiger partial charge on any atom is 0.303 e. The Morgan fingerprint density at radius 2 is 1.31 bits per heavy atom. The van der Waals surface area contributed by atoms with Crippen molar-refractivity contribution < 1.29 is 57.5 Å². The van der Waals surface area contributed by atoms with Gasteiger partial charge in [0.15, 0.2) is 12.2 Å². The Morgan fingerprint density at radius 3 is 1.79 bits per heavy atom. The van der Waals surface area contributed by atoms with E-state index in [-0.39, 0.29) is 19.4 Å². The molecule has 0 radical (unpaired) electrons. The lowest BCUT2D eigenvalue weighted by molar-refractivity contribution is -0.256. The van der Waals surface area contributed by atoms with Crippen molar-refractivity contribution in [3.05, 3.63) is 11.1 Å². The van der Waals surface area contributed by atoms with Crippen LogP contribution in [0.5, 0.6) is 0 Å². The lowest BCUT2D eigenvalue weighted by Gasteiger charge is -2.62. The first kappa shape index (κ1) is 31.9. The van der Waals surface area contributed by atoms with E-state index in [0.29, 0.717) is 11.1 Å². The van der Waals surface area contributed by atoms with Gasteiger partial charge in [0.25, 0.3) is 0 Å². The highest BCUT2D eigenvalue weighted by Crippen LogP contribution is 2.65. The van der Waals surface area contributed by atoms with Gasteiger partial charge in [-0.1, -0.05) is 20.8 Å². The molecule has 1 heterocycles. The normalized spacial score (nSPS) is 40.0. The summed E-state index contributed by atoms with van der Waals surface area (Å²) in [5.41, 5.74) is -2.37. The summed E-state index contributed by atoms with van der Waals surface area (Å²) in [6.07, 6.45) is -6.28. The molecule has 12 heteroatoms. The third kappa shape index (κ3) is 5.21. The van der Waals surface area contributed by atoms with Crippen LogP contribution >= 0.6 is 0 Å². The molecule has 10 atom stereocenters. The topological polar surface area (TPSA) is 164 Å². The molecule has 0 aromatic carbocycles. The van der Waals surface area contributed by atoms with Crippen LogP contribution in [0.2, 0.25) is 0 Å². The first-order valence-electron chi connectivity index (χ1n) is 14.3. The molecule has 0 amide bonds. The number of carbonyl (C=O) groups is 5. The van der Waals surface area contributed by atoms with Gasteiger partial charge < -0.3 is 33.5 Å². The Hall–Kier alpha value is -2.99. The number of rotatable bonds is 5. The number of esters is 5. The molecule has 4 aliphatic rings. The number of hydrogen-bond donors (Lipinski definition) is 1. The molecule has 234 valence electrons. The highest BCUT2D eigenvalue weighted by atomic mass is 16.6. The Labute approximate surface area is 245 Å². The Bertz CT molecular complexity index is 1200. The summed E-state index contributed by atoms with van der Waals surface area (Å²) in [6, 6.07) is 0. The van der Waals surface area contributed by atoms with E-state index in [1.165, 1.54) is 34.6 Å². The monoisotopic (exact) mass is 594 g/mol. The van der Waals surface area contributed by atoms with Crippen molar-refractivity contribution in [1.82, 2.24) is 0 Å². The molecule has 3 aliphatic carbocycles. The lowest BCUT2D eigenvalue weighted by atomic mass is 9.47. The lowest BCUT2D eigenvalue weighted by Crippen LogP contribution is -2.72. The van der Waals surface area contributed by atoms with E-state index in [4.69, 9.17) is 28.4 Å². The maximum absolute atomic E-state index is 12.8. The van der Waals surface area contributed by atoms with Crippen molar-refractivity contribution in [2.24, 2.45) is 22.7 Å². The third-order valence-electron chi connectivity index (χ3n) is 9.77. The van der Waals surface area contributed by atoms with Gasteiger partial charge in [-0.15, -0.1) is 0 Å². The number of ether oxygens (including phenoxy) is 6. The molecule has 0 aromatic heterocycles. The van der Waals surface area contributed by atoms with Crippen molar-refractivity contribution >= 4 is 29.8 Å². The van der Waals surface area contributed by atoms with Crippen LogP contribution in [0.1, 0.15) is 75.2 Å². The molecular weight excluding hydrogens is 552 g/mol. The molecule has 1 spiro atoms. The molecule has 0 unspecified atom stereocenters. The molecule has 1 aliphatic heterocycles. The predicted octanol–water partition coefficient (Wildman–Crippen LogP) is 2.18. The number of epoxide rings is 1. The van der Waals surface area contributed by atoms with Gasteiger partial charge in [-0.05, 0) is 29.9 Å². The van der Waals surface area contributed by atoms with Gasteiger partial charge in [0.1, 0.15) is 23.9 Å². The van der Waals surface area contributed by atoms with E-state index in [1.54, 1.807) is 13.8 Å². The number of fused-ring (bicyclic) bond motifs is 4. The van der Waals surface area contributed by atoms with Gasteiger partial charge in [-0.2, -0.15) is 0 Å². The second-order valence-corrected chi connectivity index (χ2v) is 12.8. The Balaban J connectivity index is 2.14. The second kappa shape index (κ2) is 10.9. The number of aliphatic hydroxyl groups is 1. The van der Waals surface area contributed by atoms with Crippen molar-refractivity contribution in [1.29, 1.82) is 0 Å². The number of aliphatic hydroxyl groups excluding tert-OH is 1. The molecule has 2 saturated carbocycles. The molecule has 42 heavy (non-hydrogen) atoms. The van der Waals surface area contributed by atoms with E-state index in [2.05, 4.69) is 0 Å². The fourth-order valence-corrected chi connectivity index (χ4v) is 8.19. The van der Waals surface area contributed by atoms with E-state index in [0.717, 1.165) is 0 Å². The zero-order valence-electron chi connectivity index (χ0n) is 25.7. The van der Waals surface area contributed by atoms with Gasteiger partial charge >= 0.3 is 29.8 Å². The van der Waals surface area contributed by atoms with Crippen molar-refractivity contribution in [3.8, 4) is 0 Å². The molecular formula is C30H42O12. The average molecular weight is 595 g/mol. The van der Waals surface area contributed by atoms with Gasteiger partial charge in [-0.3, -0.25) is 24.0 Å². The van der Waals surface area contributed by atoms with Crippen LogP contribution < -0.4 is 0 Å². The fraction of sp³-hybridized carbons (Fsp3) is 0.767. The van der Waals surface area contributed by atoms with E-state index >= 15 is 0 Å². The minimum Gasteiger partial charge on any atom is -0.462 e. The van der Waals surface area contributed by atoms with Gasteiger partial charge in [-0.25, -0.2) is 0 Å². The average Bonchev–Trinajstić information content (AvgIpc) is 3.61. The first-order valence-corrected chi connectivity index (χ1v) is 14.3. The smallest absolute Gasteiger partial charge is 0.303 e. The summed E-state index contributed by atoms with van der Waals surface area (Å²) >= 11 is 0. The summed E-state index contributed by atoms with van der Waals surface area (Å²) in [4.78, 5) is 62.9. The molecule has 4 rings (SSSR count). The minimum atomic E-state index is -1.40. The third-order valence-corrected chi connectivity index (χ3v) is 9.77. The standard InChI is InChI=1S/C30H42O12/c1-13-20(38-14(2)31)10-19-24(40-16(4)33)26-29(9,22(39-15(3)32)11-21(36)30(26)12-37-30)27(42-18(6)35)25(41-17(5)34)23(13)28(19,7)8/h19-22,24-27,36H,10-12H2,1-9H3/t19-,20-,21-,22-,24+,25+,26-,27-,29+,30+/m0/s1. The Morgan fingerprint density at radius 1 is 0.786 bits per heavy atom. The van der Waals surface area contributed by atoms with Gasteiger partial charge in [0, 0.05) is 52.9 Å². The summed E-state index contributed by atoms with van der Waals surface area (Å²) in [6.45, 7) is 13.6. The minimum absolute atomic E-state index is 0.0634. The van der Waals surface area contributed by atoms with Crippen molar-refractivity contribution in [3.63, 3.8) is 0 Å². The van der Waals surface area contributed by atoms with Crippen LogP contribution in [0.15, 0.2) is 11.1 Å². The predicted molar refractivity (Wildman–Crippen MR) is 143 cm³/mol. The van der Waals surface area contributed by atoms with Crippen LogP contribution in [-0.4, -0.2) is 83.8 Å². The van der Waals surface area contributed by atoms with Crippen molar-refractivity contribution in [2.75, 3.05) is 6.61 Å². The quantitative estimate of drug-likeness (QED) is 0.214. The zero-order valence-corrected chi connectivity index (χ0v) is 25.7. The SMILES string of the molecule is CC(=O)O[C@H]1[C@@H]2[C@@]3(CO3)[C@@H](O)C[C@H](OC(C)=O)[C@@]2(C)[C@@H](OC(C)=O)[C@H](OC(C)=O)C2=C(C)[C@@H](OC(C)=O)C[C@@H]1C2(C)C. The summed E-state index contributed by atoms with van der Waals surface area (Å²) in [7, 11) is 0. The highest BCUT2D eigenvalue weighted by molar-refractivity contribution is 5.69. The van der Waals surface area contributed by atoms with Crippen LogP contribution in [0.4, 0.5) is 0 Å². The summed E-state index contributed by atoms with van der Waals surface area (Å²) < 4.78 is 35.8. The van der Waals surface area contributed by atoms with Crippen LogP contribution in [-0.2, 0) is 52.4 Å². The Kier molecular flexibility index (Phi) is 8.31. The van der Waals surface area contributed by atoms with Gasteiger partial charge in [0.2, 0.25) is 0 Å². The zero-order chi connectivity index (χ0) is 31.5. The second-order valence-electron chi connectivity index (χ2n) is 12.8. The molecule has 1 saturated heterocycles. The van der Waals surface area contributed by atoms with Gasteiger partial charge in [0.05, 0.1) is 18.1 Å². The van der Waals surface area contributed by atoms with Crippen LogP contribution in [0.3, 0.4) is 0 Å². The van der Waals surface area contributed by atoms with Crippen LogP contribution in [0, 0.1) is 22.7 Å².